The lowest BCUT2D eigenvalue weighted by Crippen LogP contribution is -2.66. The number of nitrogens with zero attached hydrogens (tertiary/aromatic N) is 3. The number of likely N-dealkylation sites (N-methyl/N-ethyl adjacent to an activating group) is 2. The Kier molecular flexibility index (Phi) is 28.4. The number of carbonyl (C=O) groups is 8. The van der Waals surface area contributed by atoms with E-state index in [1.54, 1.807) is 13.8 Å². The predicted molar refractivity (Wildman–Crippen MR) is 409 cm³/mol. The van der Waals surface area contributed by atoms with Crippen LogP contribution in [0.2, 0.25) is 5.02 Å². The smallest absolute Gasteiger partial charge is 0.330 e. The quantitative estimate of drug-likeness (QED) is 0.0384. The zero-order chi connectivity index (χ0) is 88.6. The number of nitrogens with one attached hydrogen (secondary N) is 5. The number of nitrogens with two attached hydrogens (primary N) is 1. The number of benzene rings is 5. The molecule has 4 unspecified atom stereocenters. The van der Waals surface area contributed by atoms with Crippen LogP contribution in [0.4, 0.5) is 11.7 Å². The first-order valence-electron chi connectivity index (χ1n) is 37.0. The lowest BCUT2D eigenvalue weighted by molar-refractivity contribution is -0.338. The largest absolute Gasteiger partial charge is 0.508 e. The number of primary amides is 1. The third kappa shape index (κ3) is 21.2. The Morgan fingerprint density at radius 3 is 1.91 bits per heavy atom. The van der Waals surface area contributed by atoms with Crippen LogP contribution in [0.5, 0.6) is 46.0 Å². The summed E-state index contributed by atoms with van der Waals surface area (Å²) in [5, 5.41) is 128. The number of halogens is 4. The average molecular weight is 1770 g/mol. The van der Waals surface area contributed by atoms with Crippen molar-refractivity contribution in [3.8, 4) is 57.1 Å². The Bertz CT molecular complexity index is 5130. The zero-order valence-electron chi connectivity index (χ0n) is 64.8. The average Bonchev–Trinajstić information content (AvgIpc) is 0.760. The van der Waals surface area contributed by atoms with Crippen LogP contribution in [0, 0.1) is 12.8 Å². The summed E-state index contributed by atoms with van der Waals surface area (Å²) < 4.78 is 153. The van der Waals surface area contributed by atoms with Crippen molar-refractivity contribution in [2.45, 2.75) is 163 Å². The molecule has 39 nitrogen and oxygen atoms in total. The van der Waals surface area contributed by atoms with Crippen LogP contribution in [0.25, 0.3) is 11.1 Å². The van der Waals surface area contributed by atoms with Crippen molar-refractivity contribution in [2.24, 2.45) is 11.7 Å². The Hall–Kier alpha value is -9.85. The fourth-order valence-electron chi connectivity index (χ4n) is 14.8. The Labute approximate surface area is 689 Å². The van der Waals surface area contributed by atoms with Crippen LogP contribution in [0.1, 0.15) is 111 Å². The molecule has 7 aliphatic rings. The Balaban J connectivity index is 1.24. The Morgan fingerprint density at radius 1 is 0.725 bits per heavy atom. The van der Waals surface area contributed by atoms with Gasteiger partial charge in [-0.05, 0) is 123 Å². The van der Waals surface area contributed by atoms with Gasteiger partial charge < -0.3 is 117 Å². The molecule has 0 radical (unpaired) electrons. The predicted octanol–water partition coefficient (Wildman–Crippen LogP) is 0.0570. The molecule has 46 heteroatoms. The maximum Gasteiger partial charge on any atom is 0.330 e. The fourth-order valence-corrected chi connectivity index (χ4v) is 16.5. The number of carbonyl (C=O) groups excluding carboxylic acids is 7. The van der Waals surface area contributed by atoms with E-state index in [1.807, 2.05) is 0 Å². The van der Waals surface area contributed by atoms with Crippen LogP contribution < -0.4 is 46.5 Å². The van der Waals surface area contributed by atoms with E-state index in [2.05, 4.69) is 26.6 Å². The van der Waals surface area contributed by atoms with Gasteiger partial charge in [0.15, 0.2) is 29.9 Å². The molecule has 7 amide bonds. The maximum absolute atomic E-state index is 16.6. The minimum absolute atomic E-state index is 0.0400. The second kappa shape index (κ2) is 36.8. The van der Waals surface area contributed by atoms with E-state index in [9.17, 15) is 102 Å². The number of aliphatic hydroxyl groups is 6. The molecule has 11 bridgehead atoms. The molecule has 7 heterocycles. The topological polar surface area (TPSA) is 593 Å². The zero-order valence-corrected chi connectivity index (χ0v) is 68.0. The number of rotatable bonds is 23. The molecule has 120 heavy (non-hydrogen) atoms. The van der Waals surface area contributed by atoms with E-state index < -0.39 is 323 Å². The second-order valence-corrected chi connectivity index (χ2v) is 35.0. The minimum Gasteiger partial charge on any atom is -0.508 e. The number of carboxylic acids is 1. The summed E-state index contributed by atoms with van der Waals surface area (Å²) >= 11 is 7.13. The SMILES string of the molecule is Cc1cc2ccc1Oc1cc3cc(c1OC1O[C@H](CO)[C@@H](O)C(O)[C@H]1O[C@H]1C[C@](C)(N(CCS(=O)(=O)F)CCS(=O)(=O)F)[C@H](O)[C@H](C)O1)Oc1ccc(cc1Cl)[C@@H](O)C(NC(=O)[C@@H](CC(C)C)N(C)CCS(=O)(=O)F)C(=O)NC(CC(N)=O)C(=O)N[C@H]3C(=O)N(C)[C@H]1C(=O)N[C@H](C(=O)N[C@@H](C(=O)O)c3cc(O)cc(O)c3-c3cc1ccc3O)[C@@H]2O. The first-order valence-corrected chi connectivity index (χ1v) is 42.0. The monoisotopic (exact) mass is 1770 g/mol. The van der Waals surface area contributed by atoms with Crippen LogP contribution in [0.15, 0.2) is 78.9 Å². The van der Waals surface area contributed by atoms with Gasteiger partial charge in [0.1, 0.15) is 89.5 Å². The molecule has 0 spiro atoms. The highest BCUT2D eigenvalue weighted by Gasteiger charge is 2.54. The van der Waals surface area contributed by atoms with Crippen molar-refractivity contribution >= 4 is 89.6 Å². The number of hydrogen-bond donors (Lipinski definition) is 16. The van der Waals surface area contributed by atoms with Crippen molar-refractivity contribution < 1.29 is 155 Å². The standard InChI is InChI=1S/C74H89ClF3N9O30S3/c1-31(2)20-43(85(6)14-17-118(76,106)107)67(99)83-56-60(94)36-10-13-47(41(75)23-36)114-49-25-37-24-48(63(49)117-73-64(62(96)61(95)50(30-88)115-73)116-52-29-74(5,65(97)33(4)112-52)87(15-18-119(77,108)109)16-19-120(78,110)111)113-46-12-9-35(21-32(46)3)59(93)57-69(101)82-55(72(104)105)40-26-38(89)27-45(91)53(40)39-22-34(8-11-44(39)90)58(70(102)84-57)86(7)71(103)54(37)81-66(98)42(28-51(79)92)80-68(56)100/h8-13,21-27,31,33,42-43,50,52,54-62,64-65,73,88-91,93-97H,14-20,28-30H2,1-7H3,(H2,79,92)(H,80,100)(H,81,98)(H,82,101)(H,83,99)(H,84,102)(H,104,105)/t33-,42?,43+,50+,52-,54+,55+,56?,57-,58+,59+,60+,61+,62?,64+,65+,73?,74-/m0/s1. The number of fused-ring (bicyclic) bond motifs is 15. The minimum atomic E-state index is -5.36. The molecule has 5 aromatic rings. The van der Waals surface area contributed by atoms with E-state index >= 15 is 24.0 Å². The van der Waals surface area contributed by atoms with E-state index in [1.165, 1.54) is 33.9 Å². The van der Waals surface area contributed by atoms with E-state index in [0.717, 1.165) is 89.6 Å². The number of hydrogen-bond acceptors (Lipinski definition) is 31. The highest BCUT2D eigenvalue weighted by molar-refractivity contribution is 7.86. The Morgan fingerprint density at radius 2 is 1.32 bits per heavy atom. The van der Waals surface area contributed by atoms with Crippen LogP contribution in [-0.4, -0.2) is 275 Å². The van der Waals surface area contributed by atoms with Crippen molar-refractivity contribution in [3.63, 3.8) is 0 Å². The third-order valence-corrected chi connectivity index (χ3v) is 23.4. The molecule has 18 atom stereocenters. The van der Waals surface area contributed by atoms with Crippen molar-refractivity contribution in [1.29, 1.82) is 0 Å². The molecule has 17 N–H and O–H groups in total. The van der Waals surface area contributed by atoms with E-state index in [-0.39, 0.29) is 28.9 Å². The summed E-state index contributed by atoms with van der Waals surface area (Å²) in [6, 6.07) is -2.44. The van der Waals surface area contributed by atoms with Gasteiger partial charge >= 0.3 is 36.6 Å². The molecule has 0 aliphatic carbocycles. The molecule has 2 saturated heterocycles. The first-order chi connectivity index (χ1) is 56.0. The van der Waals surface area contributed by atoms with Crippen molar-refractivity contribution in [2.75, 3.05) is 57.6 Å². The van der Waals surface area contributed by atoms with Crippen LogP contribution >= 0.6 is 11.6 Å². The summed E-state index contributed by atoms with van der Waals surface area (Å²) in [5.74, 6) is -21.5. The first kappa shape index (κ1) is 92.4. The molecular formula is C74H89ClF3N9O30S3. The number of aliphatic carboxylic acids is 1. The molecule has 0 saturated carbocycles. The van der Waals surface area contributed by atoms with Gasteiger partial charge in [-0.2, -0.15) is 25.3 Å². The summed E-state index contributed by atoms with van der Waals surface area (Å²) in [4.78, 5) is 122. The van der Waals surface area contributed by atoms with Gasteiger partial charge in [0.25, 0.3) is 0 Å². The second-order valence-electron chi connectivity index (χ2n) is 30.2. The van der Waals surface area contributed by atoms with Gasteiger partial charge in [-0.15, -0.1) is 11.7 Å². The molecule has 12 rings (SSSR count). The number of aryl methyl sites for hydroxylation is 1. The summed E-state index contributed by atoms with van der Waals surface area (Å²) in [6.45, 7) is 3.63. The van der Waals surface area contributed by atoms with Crippen LogP contribution in [0.3, 0.4) is 0 Å². The molecule has 656 valence electrons. The third-order valence-electron chi connectivity index (χ3n) is 21.1. The molecule has 0 aromatic heterocycles. The summed E-state index contributed by atoms with van der Waals surface area (Å²) in [7, 11) is -13.7. The number of aliphatic hydroxyl groups excluding tert-OH is 6. The molecule has 7 aliphatic heterocycles. The molecule has 2 fully saturated rings. The van der Waals surface area contributed by atoms with Crippen molar-refractivity contribution in [3.05, 3.63) is 117 Å². The van der Waals surface area contributed by atoms with Gasteiger partial charge in [0.2, 0.25) is 53.4 Å². The number of carboxylic acid groups (broad SMARTS) is 1. The highest BCUT2D eigenvalue weighted by Crippen LogP contribution is 2.50. The number of phenolic OH excluding ortho intramolecular Hbond substituents is 3. The number of amides is 7. The number of aromatic hydroxyl groups is 3. The molecular weight excluding hydrogens is 1680 g/mol. The summed E-state index contributed by atoms with van der Waals surface area (Å²) in [5.41, 5.74) is 0.447. The summed E-state index contributed by atoms with van der Waals surface area (Å²) in [6.07, 6.45) is -22.5. The van der Waals surface area contributed by atoms with Gasteiger partial charge in [0, 0.05) is 55.9 Å². The highest BCUT2D eigenvalue weighted by atomic mass is 35.5. The van der Waals surface area contributed by atoms with Gasteiger partial charge in [-0.3, -0.25) is 43.4 Å². The normalized spacial score (nSPS) is 27.3. The number of phenols is 3. The van der Waals surface area contributed by atoms with Crippen molar-refractivity contribution in [1.82, 2.24) is 41.3 Å². The lowest BCUT2D eigenvalue weighted by atomic mass is 9.83. The van der Waals surface area contributed by atoms with Gasteiger partial charge in [-0.1, -0.05) is 43.6 Å². The van der Waals surface area contributed by atoms with E-state index in [0.29, 0.717) is 4.90 Å². The van der Waals surface area contributed by atoms with Gasteiger partial charge in [-0.25, -0.2) is 4.79 Å². The lowest BCUT2D eigenvalue weighted by Gasteiger charge is -2.52. The van der Waals surface area contributed by atoms with Gasteiger partial charge in [0.05, 0.1) is 59.1 Å². The van der Waals surface area contributed by atoms with Crippen LogP contribution in [-0.2, 0) is 83.2 Å². The molecule has 5 aromatic carbocycles. The van der Waals surface area contributed by atoms with E-state index in [4.69, 9.17) is 45.8 Å². The fraction of sp³-hybridized carbons (Fsp3) is 0.486. The number of ether oxygens (including phenoxy) is 6. The maximum atomic E-state index is 16.6.